The van der Waals surface area contributed by atoms with E-state index >= 15 is 0 Å². The van der Waals surface area contributed by atoms with E-state index < -0.39 is 0 Å². The maximum Gasteiger partial charge on any atom is 0.135 e. The minimum absolute atomic E-state index is 0.208. The lowest BCUT2D eigenvalue weighted by molar-refractivity contribution is 0.289. The first-order valence-electron chi connectivity index (χ1n) is 7.61. The minimum atomic E-state index is 0.208. The van der Waals surface area contributed by atoms with Gasteiger partial charge in [0, 0.05) is 38.2 Å². The van der Waals surface area contributed by atoms with Crippen LogP contribution in [0.5, 0.6) is 0 Å². The molecule has 5 nitrogen and oxygen atoms in total. The number of aliphatic hydroxyl groups excluding tert-OH is 1. The van der Waals surface area contributed by atoms with Crippen molar-refractivity contribution in [2.24, 2.45) is 0 Å². The highest BCUT2D eigenvalue weighted by Crippen LogP contribution is 2.20. The SMILES string of the molecule is CCCNc1cc(N(CC)CCCO)nc(C(C)C)n1. The fourth-order valence-corrected chi connectivity index (χ4v) is 1.91. The van der Waals surface area contributed by atoms with Gasteiger partial charge in [0.1, 0.15) is 17.5 Å². The van der Waals surface area contributed by atoms with Crippen molar-refractivity contribution < 1.29 is 5.11 Å². The zero-order chi connectivity index (χ0) is 15.0. The highest BCUT2D eigenvalue weighted by atomic mass is 16.3. The van der Waals surface area contributed by atoms with E-state index in [4.69, 9.17) is 5.11 Å². The number of hydrogen-bond acceptors (Lipinski definition) is 5. The van der Waals surface area contributed by atoms with Gasteiger partial charge >= 0.3 is 0 Å². The summed E-state index contributed by atoms with van der Waals surface area (Å²) >= 11 is 0. The summed E-state index contributed by atoms with van der Waals surface area (Å²) in [5.41, 5.74) is 0. The van der Waals surface area contributed by atoms with E-state index in [1.165, 1.54) is 0 Å². The van der Waals surface area contributed by atoms with Crippen LogP contribution in [0, 0.1) is 0 Å². The molecule has 0 bridgehead atoms. The Kier molecular flexibility index (Phi) is 7.30. The van der Waals surface area contributed by atoms with Crippen LogP contribution in [0.4, 0.5) is 11.6 Å². The van der Waals surface area contributed by atoms with E-state index in [0.717, 1.165) is 49.9 Å². The summed E-state index contributed by atoms with van der Waals surface area (Å²) in [4.78, 5) is 11.4. The van der Waals surface area contributed by atoms with Gasteiger partial charge < -0.3 is 15.3 Å². The Morgan fingerprint density at radius 1 is 1.30 bits per heavy atom. The van der Waals surface area contributed by atoms with Gasteiger partial charge in [-0.2, -0.15) is 0 Å². The van der Waals surface area contributed by atoms with Gasteiger partial charge in [0.2, 0.25) is 0 Å². The van der Waals surface area contributed by atoms with Crippen LogP contribution in [0.1, 0.15) is 52.3 Å². The van der Waals surface area contributed by atoms with Gasteiger partial charge in [-0.25, -0.2) is 9.97 Å². The Morgan fingerprint density at radius 2 is 2.05 bits per heavy atom. The normalized spacial score (nSPS) is 10.9. The van der Waals surface area contributed by atoms with Crippen LogP contribution in [0.3, 0.4) is 0 Å². The molecular formula is C15H28N4O. The van der Waals surface area contributed by atoms with E-state index in [0.29, 0.717) is 5.92 Å². The Labute approximate surface area is 122 Å². The standard InChI is InChI=1S/C15H28N4O/c1-5-8-16-13-11-14(18-15(17-13)12(3)4)19(6-2)9-7-10-20/h11-12,20H,5-10H2,1-4H3,(H,16,17,18). The van der Waals surface area contributed by atoms with Gasteiger partial charge in [-0.15, -0.1) is 0 Å². The van der Waals surface area contributed by atoms with Crippen LogP contribution < -0.4 is 10.2 Å². The van der Waals surface area contributed by atoms with E-state index in [-0.39, 0.29) is 6.61 Å². The largest absolute Gasteiger partial charge is 0.396 e. The fourth-order valence-electron chi connectivity index (χ4n) is 1.91. The lowest BCUT2D eigenvalue weighted by Crippen LogP contribution is -2.26. The summed E-state index contributed by atoms with van der Waals surface area (Å²) < 4.78 is 0. The predicted octanol–water partition coefficient (Wildman–Crippen LogP) is 2.63. The molecular weight excluding hydrogens is 252 g/mol. The Hall–Kier alpha value is -1.36. The molecule has 114 valence electrons. The monoisotopic (exact) mass is 280 g/mol. The van der Waals surface area contributed by atoms with E-state index in [1.54, 1.807) is 0 Å². The second kappa shape index (κ2) is 8.74. The number of rotatable bonds is 9. The van der Waals surface area contributed by atoms with Crippen molar-refractivity contribution in [1.29, 1.82) is 0 Å². The van der Waals surface area contributed by atoms with Gasteiger partial charge in [0.25, 0.3) is 0 Å². The van der Waals surface area contributed by atoms with Crippen molar-refractivity contribution in [2.75, 3.05) is 36.5 Å². The lowest BCUT2D eigenvalue weighted by atomic mass is 10.2. The van der Waals surface area contributed by atoms with Crippen LogP contribution in [-0.4, -0.2) is 41.3 Å². The molecule has 0 aliphatic heterocycles. The molecule has 0 aliphatic carbocycles. The van der Waals surface area contributed by atoms with Gasteiger partial charge in [0.15, 0.2) is 0 Å². The van der Waals surface area contributed by atoms with Crippen LogP contribution in [0.15, 0.2) is 6.07 Å². The molecule has 0 amide bonds. The van der Waals surface area contributed by atoms with Gasteiger partial charge in [0.05, 0.1) is 0 Å². The van der Waals surface area contributed by atoms with Crippen molar-refractivity contribution in [1.82, 2.24) is 9.97 Å². The molecule has 0 spiro atoms. The first kappa shape index (κ1) is 16.7. The lowest BCUT2D eigenvalue weighted by Gasteiger charge is -2.23. The van der Waals surface area contributed by atoms with Crippen molar-refractivity contribution in [3.8, 4) is 0 Å². The number of nitrogens with one attached hydrogen (secondary N) is 1. The summed E-state index contributed by atoms with van der Waals surface area (Å²) in [6.45, 7) is 11.3. The molecule has 0 aliphatic rings. The zero-order valence-electron chi connectivity index (χ0n) is 13.2. The molecule has 20 heavy (non-hydrogen) atoms. The second-order valence-corrected chi connectivity index (χ2v) is 5.21. The maximum atomic E-state index is 9.00. The average molecular weight is 280 g/mol. The molecule has 0 saturated carbocycles. The predicted molar refractivity (Wildman–Crippen MR) is 84.5 cm³/mol. The molecule has 1 rings (SSSR count). The van der Waals surface area contributed by atoms with Crippen molar-refractivity contribution in [3.05, 3.63) is 11.9 Å². The smallest absolute Gasteiger partial charge is 0.135 e. The quantitative estimate of drug-likeness (QED) is 0.728. The number of nitrogens with zero attached hydrogens (tertiary/aromatic N) is 3. The molecule has 1 aromatic rings. The molecule has 0 radical (unpaired) electrons. The highest BCUT2D eigenvalue weighted by Gasteiger charge is 2.12. The number of anilines is 2. The molecule has 0 aromatic carbocycles. The summed E-state index contributed by atoms with van der Waals surface area (Å²) in [6, 6.07) is 2.00. The zero-order valence-corrected chi connectivity index (χ0v) is 13.2. The van der Waals surface area contributed by atoms with Crippen LogP contribution in [0.2, 0.25) is 0 Å². The third-order valence-corrected chi connectivity index (χ3v) is 3.09. The second-order valence-electron chi connectivity index (χ2n) is 5.21. The summed E-state index contributed by atoms with van der Waals surface area (Å²) in [5, 5.41) is 12.3. The Balaban J connectivity index is 2.99. The minimum Gasteiger partial charge on any atom is -0.396 e. The van der Waals surface area contributed by atoms with Crippen molar-refractivity contribution in [3.63, 3.8) is 0 Å². The van der Waals surface area contributed by atoms with Gasteiger partial charge in [-0.3, -0.25) is 0 Å². The number of hydrogen-bond donors (Lipinski definition) is 2. The Bertz CT molecular complexity index is 395. The Morgan fingerprint density at radius 3 is 2.60 bits per heavy atom. The molecule has 1 heterocycles. The third kappa shape index (κ3) is 4.96. The van der Waals surface area contributed by atoms with Crippen molar-refractivity contribution in [2.45, 2.75) is 46.5 Å². The number of aromatic nitrogens is 2. The topological polar surface area (TPSA) is 61.3 Å². The molecule has 0 fully saturated rings. The first-order valence-corrected chi connectivity index (χ1v) is 7.61. The van der Waals surface area contributed by atoms with Gasteiger partial charge in [-0.05, 0) is 19.8 Å². The first-order chi connectivity index (χ1) is 9.62. The molecule has 2 N–H and O–H groups in total. The van der Waals surface area contributed by atoms with E-state index in [2.05, 4.69) is 47.9 Å². The van der Waals surface area contributed by atoms with Crippen LogP contribution in [0.25, 0.3) is 0 Å². The molecule has 0 saturated heterocycles. The van der Waals surface area contributed by atoms with Crippen LogP contribution >= 0.6 is 0 Å². The molecule has 5 heteroatoms. The third-order valence-electron chi connectivity index (χ3n) is 3.09. The summed E-state index contributed by atoms with van der Waals surface area (Å²) in [6.07, 6.45) is 1.82. The maximum absolute atomic E-state index is 9.00. The fraction of sp³-hybridized carbons (Fsp3) is 0.733. The molecule has 0 unspecified atom stereocenters. The van der Waals surface area contributed by atoms with E-state index in [9.17, 15) is 0 Å². The molecule has 0 atom stereocenters. The highest BCUT2D eigenvalue weighted by molar-refractivity contribution is 5.49. The van der Waals surface area contributed by atoms with Crippen molar-refractivity contribution >= 4 is 11.6 Å². The van der Waals surface area contributed by atoms with Gasteiger partial charge in [-0.1, -0.05) is 20.8 Å². The average Bonchev–Trinajstić information content (AvgIpc) is 2.45. The van der Waals surface area contributed by atoms with E-state index in [1.807, 2.05) is 6.07 Å². The van der Waals surface area contributed by atoms with Crippen LogP contribution in [-0.2, 0) is 0 Å². The summed E-state index contributed by atoms with van der Waals surface area (Å²) in [5.74, 6) is 3.00. The summed E-state index contributed by atoms with van der Waals surface area (Å²) in [7, 11) is 0. The number of aliphatic hydroxyl groups is 1. The molecule has 1 aromatic heterocycles.